The van der Waals surface area contributed by atoms with Gasteiger partial charge in [0, 0.05) is 37.3 Å². The van der Waals surface area contributed by atoms with Crippen molar-refractivity contribution in [1.82, 2.24) is 29.6 Å². The molecule has 0 radical (unpaired) electrons. The summed E-state index contributed by atoms with van der Waals surface area (Å²) in [6.45, 7) is 0.893. The number of fused-ring (bicyclic) bond motifs is 1. The van der Waals surface area contributed by atoms with Gasteiger partial charge in [-0.15, -0.1) is 0 Å². The number of nitrogens with zero attached hydrogens (tertiary/aromatic N) is 6. The van der Waals surface area contributed by atoms with E-state index in [1.54, 1.807) is 24.7 Å². The topological polar surface area (TPSA) is 128 Å². The minimum Gasteiger partial charge on any atom is -0.356 e. The molecule has 1 aromatic carbocycles. The minimum atomic E-state index is -3.53. The Morgan fingerprint density at radius 2 is 2.03 bits per heavy atom. The molecular formula is C20H20N6O4S. The van der Waals surface area contributed by atoms with Crippen molar-refractivity contribution in [3.8, 4) is 11.5 Å². The number of para-hydroxylation sites is 1. The smallest absolute Gasteiger partial charge is 0.227 e. The first kappa shape index (κ1) is 19.8. The van der Waals surface area contributed by atoms with Crippen LogP contribution in [0.25, 0.3) is 22.5 Å². The first-order valence-corrected chi connectivity index (χ1v) is 11.6. The van der Waals surface area contributed by atoms with E-state index in [-0.39, 0.29) is 11.7 Å². The second-order valence-electron chi connectivity index (χ2n) is 7.55. The summed E-state index contributed by atoms with van der Waals surface area (Å²) >= 11 is 0. The van der Waals surface area contributed by atoms with Crippen molar-refractivity contribution in [2.75, 3.05) is 13.1 Å². The number of hydrogen-bond donors (Lipinski definition) is 0. The summed E-state index contributed by atoms with van der Waals surface area (Å²) in [7, 11) is -3.53. The molecule has 0 saturated carbocycles. The number of rotatable bonds is 6. The van der Waals surface area contributed by atoms with E-state index in [2.05, 4.69) is 25.3 Å². The summed E-state index contributed by atoms with van der Waals surface area (Å²) in [6, 6.07) is 7.26. The molecule has 3 aromatic heterocycles. The van der Waals surface area contributed by atoms with Crippen molar-refractivity contribution < 1.29 is 17.5 Å². The average molecular weight is 440 g/mol. The van der Waals surface area contributed by atoms with E-state index in [1.807, 2.05) is 18.2 Å². The third-order valence-electron chi connectivity index (χ3n) is 5.37. The highest BCUT2D eigenvalue weighted by atomic mass is 32.2. The molecule has 0 unspecified atom stereocenters. The first-order chi connectivity index (χ1) is 15.1. The molecule has 0 spiro atoms. The number of piperidine rings is 1. The Balaban J connectivity index is 1.27. The molecular weight excluding hydrogens is 420 g/mol. The van der Waals surface area contributed by atoms with Crippen LogP contribution >= 0.6 is 0 Å². The van der Waals surface area contributed by atoms with Crippen molar-refractivity contribution in [1.29, 1.82) is 0 Å². The van der Waals surface area contributed by atoms with Crippen LogP contribution in [0.2, 0.25) is 0 Å². The van der Waals surface area contributed by atoms with Gasteiger partial charge in [-0.2, -0.15) is 4.98 Å². The Kier molecular flexibility index (Phi) is 5.20. The Labute approximate surface area is 178 Å². The Hall–Kier alpha value is -3.18. The van der Waals surface area contributed by atoms with E-state index in [0.29, 0.717) is 48.2 Å². The predicted octanol–water partition coefficient (Wildman–Crippen LogP) is 2.45. The standard InChI is InChI=1S/C20H20N6O4S/c27-31(28,13-17-15-5-1-2-6-18(15)29-24-17)26-9-3-4-14(12-26)10-19-23-20(25-30-19)16-11-21-7-8-22-16/h1-2,5-8,11,14H,3-4,9-10,12-13H2/t14-/m0/s1. The maximum absolute atomic E-state index is 13.1. The summed E-state index contributed by atoms with van der Waals surface area (Å²) in [6.07, 6.45) is 6.87. The van der Waals surface area contributed by atoms with Crippen LogP contribution in [0.5, 0.6) is 0 Å². The average Bonchev–Trinajstić information content (AvgIpc) is 3.42. The molecule has 1 atom stereocenters. The fraction of sp³-hybridized carbons (Fsp3) is 0.350. The normalized spacial score (nSPS) is 17.9. The van der Waals surface area contributed by atoms with Crippen molar-refractivity contribution in [3.05, 3.63) is 54.4 Å². The van der Waals surface area contributed by atoms with Gasteiger partial charge in [-0.3, -0.25) is 4.98 Å². The molecule has 10 nitrogen and oxygen atoms in total. The number of sulfonamides is 1. The highest BCUT2D eigenvalue weighted by Crippen LogP contribution is 2.26. The number of aromatic nitrogens is 5. The van der Waals surface area contributed by atoms with E-state index >= 15 is 0 Å². The van der Waals surface area contributed by atoms with Crippen LogP contribution in [0.1, 0.15) is 24.4 Å². The molecule has 1 fully saturated rings. The lowest BCUT2D eigenvalue weighted by Crippen LogP contribution is -2.41. The fourth-order valence-electron chi connectivity index (χ4n) is 3.86. The lowest BCUT2D eigenvalue weighted by molar-refractivity contribution is 0.246. The molecule has 4 aromatic rings. The Morgan fingerprint density at radius 3 is 2.90 bits per heavy atom. The van der Waals surface area contributed by atoms with Gasteiger partial charge < -0.3 is 9.05 Å². The Bertz CT molecular complexity index is 1290. The molecule has 160 valence electrons. The zero-order valence-electron chi connectivity index (χ0n) is 16.6. The lowest BCUT2D eigenvalue weighted by Gasteiger charge is -2.31. The van der Waals surface area contributed by atoms with E-state index < -0.39 is 10.0 Å². The molecule has 0 aliphatic carbocycles. The molecule has 11 heteroatoms. The van der Waals surface area contributed by atoms with E-state index in [0.717, 1.165) is 18.2 Å². The van der Waals surface area contributed by atoms with Crippen LogP contribution in [0.3, 0.4) is 0 Å². The van der Waals surface area contributed by atoms with Crippen LogP contribution in [0.15, 0.2) is 51.9 Å². The second kappa shape index (κ2) is 8.16. The maximum Gasteiger partial charge on any atom is 0.227 e. The molecule has 4 heterocycles. The maximum atomic E-state index is 13.1. The lowest BCUT2D eigenvalue weighted by atomic mass is 9.96. The van der Waals surface area contributed by atoms with Gasteiger partial charge in [0.1, 0.15) is 17.1 Å². The second-order valence-corrected chi connectivity index (χ2v) is 9.52. The summed E-state index contributed by atoms with van der Waals surface area (Å²) < 4.78 is 38.3. The van der Waals surface area contributed by atoms with Gasteiger partial charge in [0.2, 0.25) is 21.7 Å². The molecule has 5 rings (SSSR count). The van der Waals surface area contributed by atoms with Crippen LogP contribution < -0.4 is 0 Å². The van der Waals surface area contributed by atoms with E-state index in [4.69, 9.17) is 9.05 Å². The first-order valence-electron chi connectivity index (χ1n) is 9.98. The summed E-state index contributed by atoms with van der Waals surface area (Å²) in [4.78, 5) is 12.6. The van der Waals surface area contributed by atoms with Gasteiger partial charge in [-0.05, 0) is 30.9 Å². The summed E-state index contributed by atoms with van der Waals surface area (Å²) in [5.41, 5.74) is 1.55. The van der Waals surface area contributed by atoms with Crippen LogP contribution in [-0.4, -0.2) is 51.1 Å². The fourth-order valence-corrected chi connectivity index (χ4v) is 5.44. The van der Waals surface area contributed by atoms with Gasteiger partial charge in [-0.1, -0.05) is 22.4 Å². The monoisotopic (exact) mass is 440 g/mol. The molecule has 1 saturated heterocycles. The van der Waals surface area contributed by atoms with Gasteiger partial charge in [0.15, 0.2) is 5.58 Å². The zero-order chi connectivity index (χ0) is 21.3. The van der Waals surface area contributed by atoms with Crippen molar-refractivity contribution in [2.24, 2.45) is 5.92 Å². The van der Waals surface area contributed by atoms with Crippen molar-refractivity contribution in [3.63, 3.8) is 0 Å². The molecule has 1 aliphatic heterocycles. The number of benzene rings is 1. The van der Waals surface area contributed by atoms with Crippen molar-refractivity contribution in [2.45, 2.75) is 25.0 Å². The summed E-state index contributed by atoms with van der Waals surface area (Å²) in [5, 5.41) is 8.65. The zero-order valence-corrected chi connectivity index (χ0v) is 17.4. The van der Waals surface area contributed by atoms with Crippen LogP contribution in [-0.2, 0) is 22.2 Å². The largest absolute Gasteiger partial charge is 0.356 e. The minimum absolute atomic E-state index is 0.0905. The SMILES string of the molecule is O=S(=O)(Cc1noc2ccccc12)N1CCC[C@@H](Cc2nc(-c3cnccn3)no2)C1. The highest BCUT2D eigenvalue weighted by Gasteiger charge is 2.31. The molecule has 0 bridgehead atoms. The van der Waals surface area contributed by atoms with E-state index in [9.17, 15) is 8.42 Å². The number of hydrogen-bond acceptors (Lipinski definition) is 9. The van der Waals surface area contributed by atoms with Gasteiger partial charge in [0.05, 0.1) is 6.20 Å². The molecule has 1 aliphatic rings. The van der Waals surface area contributed by atoms with Gasteiger partial charge in [-0.25, -0.2) is 17.7 Å². The predicted molar refractivity (Wildman–Crippen MR) is 110 cm³/mol. The van der Waals surface area contributed by atoms with Crippen LogP contribution in [0, 0.1) is 5.92 Å². The van der Waals surface area contributed by atoms with Gasteiger partial charge in [0.25, 0.3) is 0 Å². The molecule has 0 amide bonds. The third-order valence-corrected chi connectivity index (χ3v) is 7.13. The van der Waals surface area contributed by atoms with Crippen LogP contribution in [0.4, 0.5) is 0 Å². The molecule has 0 N–H and O–H groups in total. The van der Waals surface area contributed by atoms with Crippen molar-refractivity contribution >= 4 is 21.0 Å². The van der Waals surface area contributed by atoms with Gasteiger partial charge >= 0.3 is 0 Å². The van der Waals surface area contributed by atoms with E-state index in [1.165, 1.54) is 4.31 Å². The quantitative estimate of drug-likeness (QED) is 0.444. The highest BCUT2D eigenvalue weighted by molar-refractivity contribution is 7.88. The Morgan fingerprint density at radius 1 is 1.13 bits per heavy atom. The summed E-state index contributed by atoms with van der Waals surface area (Å²) in [5.74, 6) is 0.745. The third kappa shape index (κ3) is 4.19. The molecule has 31 heavy (non-hydrogen) atoms.